The molecule has 0 saturated carbocycles. The van der Waals surface area contributed by atoms with E-state index in [9.17, 15) is 8.78 Å². The Labute approximate surface area is 118 Å². The second-order valence-corrected chi connectivity index (χ2v) is 4.53. The van der Waals surface area contributed by atoms with Crippen molar-refractivity contribution in [1.29, 1.82) is 0 Å². The third-order valence-corrected chi connectivity index (χ3v) is 3.13. The van der Waals surface area contributed by atoms with Gasteiger partial charge in [-0.2, -0.15) is 5.10 Å². The summed E-state index contributed by atoms with van der Waals surface area (Å²) in [5, 5.41) is 6.61. The van der Waals surface area contributed by atoms with Crippen LogP contribution in [0.2, 0.25) is 0 Å². The monoisotopic (exact) mass is 289 g/mol. The molecule has 100 valence electrons. The topological polar surface area (TPSA) is 33.6 Å². The molecule has 3 nitrogen and oxygen atoms in total. The molecular weight excluding hydrogens is 280 g/mol. The summed E-state index contributed by atoms with van der Waals surface area (Å²) in [6, 6.07) is 12.4. The number of H-pyrrole nitrogens is 1. The highest BCUT2D eigenvalue weighted by Crippen LogP contribution is 2.24. The zero-order valence-corrected chi connectivity index (χ0v) is 11.0. The molecule has 0 fully saturated rings. The average Bonchev–Trinajstić information content (AvgIpc) is 2.84. The normalized spacial score (nSPS) is 10.7. The Bertz CT molecular complexity index is 809. The Hall–Kier alpha value is -2.34. The fourth-order valence-corrected chi connectivity index (χ4v) is 2.20. The van der Waals surface area contributed by atoms with Gasteiger partial charge in [0, 0.05) is 5.69 Å². The molecule has 0 radical (unpaired) electrons. The highest BCUT2D eigenvalue weighted by Gasteiger charge is 2.15. The second kappa shape index (κ2) is 4.97. The van der Waals surface area contributed by atoms with Crippen molar-refractivity contribution in [3.05, 3.63) is 64.9 Å². The van der Waals surface area contributed by atoms with Crippen LogP contribution in [0, 0.1) is 16.4 Å². The van der Waals surface area contributed by atoms with Crippen molar-refractivity contribution < 1.29 is 8.78 Å². The van der Waals surface area contributed by atoms with Crippen LogP contribution in [0.15, 0.2) is 48.5 Å². The second-order valence-electron chi connectivity index (χ2n) is 4.15. The lowest BCUT2D eigenvalue weighted by Crippen LogP contribution is -1.99. The van der Waals surface area contributed by atoms with Crippen LogP contribution in [0.1, 0.15) is 0 Å². The molecule has 0 spiro atoms. The standard InChI is InChI=1S/C14H9F2N3S/c15-9-6-7-12(16)11(8-9)13-17-18-14(20)19(13)10-4-2-1-3-5-10/h1-8H,(H,18,20). The first-order chi connectivity index (χ1) is 9.66. The molecule has 2 aromatic carbocycles. The fraction of sp³-hybridized carbons (Fsp3) is 0. The Morgan fingerprint density at radius 1 is 1.05 bits per heavy atom. The fourth-order valence-electron chi connectivity index (χ4n) is 1.96. The molecule has 20 heavy (non-hydrogen) atoms. The van der Waals surface area contributed by atoms with Crippen LogP contribution >= 0.6 is 12.2 Å². The number of hydrogen-bond acceptors (Lipinski definition) is 2. The van der Waals surface area contributed by atoms with Crippen molar-refractivity contribution in [1.82, 2.24) is 14.8 Å². The van der Waals surface area contributed by atoms with E-state index in [4.69, 9.17) is 12.2 Å². The molecule has 1 heterocycles. The molecule has 3 aromatic rings. The van der Waals surface area contributed by atoms with E-state index in [2.05, 4.69) is 10.2 Å². The SMILES string of the molecule is Fc1ccc(F)c(-c2n[nH]c(=S)n2-c2ccccc2)c1. The number of hydrogen-bond donors (Lipinski definition) is 1. The van der Waals surface area contributed by atoms with Crippen molar-refractivity contribution in [3.8, 4) is 17.1 Å². The molecule has 0 unspecified atom stereocenters. The minimum Gasteiger partial charge on any atom is -0.268 e. The summed E-state index contributed by atoms with van der Waals surface area (Å²) in [5.41, 5.74) is 0.783. The van der Waals surface area contributed by atoms with Gasteiger partial charge in [-0.05, 0) is 42.5 Å². The van der Waals surface area contributed by atoms with Crippen LogP contribution in [-0.2, 0) is 0 Å². The van der Waals surface area contributed by atoms with E-state index < -0.39 is 11.6 Å². The van der Waals surface area contributed by atoms with Crippen LogP contribution in [0.25, 0.3) is 17.1 Å². The summed E-state index contributed by atoms with van der Waals surface area (Å²) in [4.78, 5) is 0. The van der Waals surface area contributed by atoms with E-state index >= 15 is 0 Å². The van der Waals surface area contributed by atoms with Gasteiger partial charge in [0.25, 0.3) is 0 Å². The summed E-state index contributed by atoms with van der Waals surface area (Å²) in [5.74, 6) is -0.856. The minimum atomic E-state index is -0.558. The molecular formula is C14H9F2N3S. The largest absolute Gasteiger partial charge is 0.268 e. The number of halogens is 2. The van der Waals surface area contributed by atoms with Gasteiger partial charge in [0.05, 0.1) is 5.56 Å². The van der Waals surface area contributed by atoms with E-state index in [0.717, 1.165) is 23.9 Å². The first kappa shape index (κ1) is 12.7. The quantitative estimate of drug-likeness (QED) is 0.726. The maximum atomic E-state index is 13.9. The molecule has 0 bridgehead atoms. The van der Waals surface area contributed by atoms with Crippen LogP contribution < -0.4 is 0 Å². The first-order valence-electron chi connectivity index (χ1n) is 5.85. The van der Waals surface area contributed by atoms with E-state index in [0.29, 0.717) is 4.77 Å². The van der Waals surface area contributed by atoms with Crippen molar-refractivity contribution in [3.63, 3.8) is 0 Å². The zero-order chi connectivity index (χ0) is 14.1. The predicted octanol–water partition coefficient (Wildman–Crippen LogP) is 3.88. The summed E-state index contributed by atoms with van der Waals surface area (Å²) < 4.78 is 29.1. The summed E-state index contributed by atoms with van der Waals surface area (Å²) in [7, 11) is 0. The average molecular weight is 289 g/mol. The Morgan fingerprint density at radius 3 is 2.55 bits per heavy atom. The number of rotatable bonds is 2. The Kier molecular flexibility index (Phi) is 3.15. The maximum absolute atomic E-state index is 13.9. The van der Waals surface area contributed by atoms with Gasteiger partial charge in [-0.25, -0.2) is 8.78 Å². The van der Waals surface area contributed by atoms with Crippen molar-refractivity contribution in [2.45, 2.75) is 0 Å². The van der Waals surface area contributed by atoms with Gasteiger partial charge in [-0.1, -0.05) is 18.2 Å². The molecule has 1 N–H and O–H groups in total. The van der Waals surface area contributed by atoms with Gasteiger partial charge >= 0.3 is 0 Å². The van der Waals surface area contributed by atoms with Gasteiger partial charge in [-0.3, -0.25) is 9.67 Å². The Morgan fingerprint density at radius 2 is 1.80 bits per heavy atom. The van der Waals surface area contributed by atoms with E-state index in [-0.39, 0.29) is 11.4 Å². The molecule has 6 heteroatoms. The van der Waals surface area contributed by atoms with Crippen LogP contribution in [-0.4, -0.2) is 14.8 Å². The summed E-state index contributed by atoms with van der Waals surface area (Å²) >= 11 is 5.16. The molecule has 0 aliphatic rings. The third-order valence-electron chi connectivity index (χ3n) is 2.86. The number of benzene rings is 2. The number of nitrogens with one attached hydrogen (secondary N) is 1. The summed E-state index contributed by atoms with van der Waals surface area (Å²) in [6.45, 7) is 0. The Balaban J connectivity index is 2.27. The van der Waals surface area contributed by atoms with Crippen LogP contribution in [0.4, 0.5) is 8.78 Å². The summed E-state index contributed by atoms with van der Waals surface area (Å²) in [6.07, 6.45) is 0. The van der Waals surface area contributed by atoms with Crippen molar-refractivity contribution in [2.24, 2.45) is 0 Å². The third kappa shape index (κ3) is 2.14. The number of aromatic nitrogens is 3. The van der Waals surface area contributed by atoms with Gasteiger partial charge in [0.15, 0.2) is 10.6 Å². The van der Waals surface area contributed by atoms with E-state index in [1.54, 1.807) is 4.57 Å². The molecule has 3 rings (SSSR count). The highest BCUT2D eigenvalue weighted by molar-refractivity contribution is 7.71. The predicted molar refractivity (Wildman–Crippen MR) is 74.1 cm³/mol. The molecule has 0 aliphatic carbocycles. The van der Waals surface area contributed by atoms with Crippen LogP contribution in [0.5, 0.6) is 0 Å². The number of aromatic amines is 1. The lowest BCUT2D eigenvalue weighted by atomic mass is 10.2. The smallest absolute Gasteiger partial charge is 0.200 e. The molecule has 0 saturated heterocycles. The van der Waals surface area contributed by atoms with Gasteiger partial charge in [0.2, 0.25) is 0 Å². The molecule has 0 aliphatic heterocycles. The van der Waals surface area contributed by atoms with Crippen LogP contribution in [0.3, 0.4) is 0 Å². The van der Waals surface area contributed by atoms with Gasteiger partial charge in [-0.15, -0.1) is 0 Å². The zero-order valence-electron chi connectivity index (χ0n) is 10.2. The molecule has 0 amide bonds. The lowest BCUT2D eigenvalue weighted by Gasteiger charge is -2.07. The highest BCUT2D eigenvalue weighted by atomic mass is 32.1. The van der Waals surface area contributed by atoms with E-state index in [1.807, 2.05) is 30.3 Å². The molecule has 0 atom stereocenters. The number of nitrogens with zero attached hydrogens (tertiary/aromatic N) is 2. The van der Waals surface area contributed by atoms with E-state index in [1.165, 1.54) is 0 Å². The molecule has 1 aromatic heterocycles. The van der Waals surface area contributed by atoms with Crippen molar-refractivity contribution >= 4 is 12.2 Å². The first-order valence-corrected chi connectivity index (χ1v) is 6.26. The van der Waals surface area contributed by atoms with Crippen molar-refractivity contribution in [2.75, 3.05) is 0 Å². The lowest BCUT2D eigenvalue weighted by molar-refractivity contribution is 0.601. The van der Waals surface area contributed by atoms with Gasteiger partial charge < -0.3 is 0 Å². The maximum Gasteiger partial charge on any atom is 0.200 e. The minimum absolute atomic E-state index is 0.0567. The van der Waals surface area contributed by atoms with Gasteiger partial charge in [0.1, 0.15) is 11.6 Å². The number of para-hydroxylation sites is 1.